The van der Waals surface area contributed by atoms with Crippen molar-refractivity contribution in [1.82, 2.24) is 4.98 Å². The van der Waals surface area contributed by atoms with Crippen LogP contribution in [-0.4, -0.2) is 30.6 Å². The Balaban J connectivity index is 1.29. The maximum Gasteiger partial charge on any atom is 0.262 e. The van der Waals surface area contributed by atoms with E-state index in [9.17, 15) is 4.79 Å². The second-order valence-electron chi connectivity index (χ2n) is 7.07. The molecule has 1 N–H and O–H groups in total. The highest BCUT2D eigenvalue weighted by atomic mass is 16.5. The van der Waals surface area contributed by atoms with E-state index in [0.717, 1.165) is 37.5 Å². The van der Waals surface area contributed by atoms with Gasteiger partial charge in [-0.05, 0) is 73.9 Å². The molecule has 1 aromatic carbocycles. The molecule has 5 nitrogen and oxygen atoms in total. The zero-order chi connectivity index (χ0) is 17.8. The van der Waals surface area contributed by atoms with Gasteiger partial charge < -0.3 is 15.0 Å². The van der Waals surface area contributed by atoms with E-state index in [2.05, 4.69) is 27.3 Å². The lowest BCUT2D eigenvalue weighted by atomic mass is 10.1. The number of piperidine rings is 1. The standard InChI is InChI=1S/C21H25N3O2/c25-21(15-26-19-9-7-16-5-4-6-17(16)13-19)23-18-8-10-20(22-14-18)24-11-2-1-3-12-24/h7-10,13-14H,1-6,11-12,15H2,(H,23,25). The van der Waals surface area contributed by atoms with Crippen molar-refractivity contribution in [1.29, 1.82) is 0 Å². The van der Waals surface area contributed by atoms with Crippen LogP contribution >= 0.6 is 0 Å². The van der Waals surface area contributed by atoms with Gasteiger partial charge in [0.1, 0.15) is 11.6 Å². The van der Waals surface area contributed by atoms with Crippen LogP contribution in [0.4, 0.5) is 11.5 Å². The van der Waals surface area contributed by atoms with Gasteiger partial charge in [-0.15, -0.1) is 0 Å². The summed E-state index contributed by atoms with van der Waals surface area (Å²) in [5.74, 6) is 1.58. The molecule has 1 saturated heterocycles. The van der Waals surface area contributed by atoms with Gasteiger partial charge in [0.15, 0.2) is 6.61 Å². The number of anilines is 2. The van der Waals surface area contributed by atoms with Crippen molar-refractivity contribution < 1.29 is 9.53 Å². The van der Waals surface area contributed by atoms with E-state index in [-0.39, 0.29) is 12.5 Å². The molecule has 0 radical (unpaired) electrons. The number of hydrogen-bond donors (Lipinski definition) is 1. The molecule has 1 aromatic heterocycles. The minimum absolute atomic E-state index is 0.00661. The van der Waals surface area contributed by atoms with E-state index in [4.69, 9.17) is 4.74 Å². The average Bonchev–Trinajstić information content (AvgIpc) is 3.15. The predicted molar refractivity (Wildman–Crippen MR) is 103 cm³/mol. The lowest BCUT2D eigenvalue weighted by Gasteiger charge is -2.27. The van der Waals surface area contributed by atoms with Gasteiger partial charge in [-0.1, -0.05) is 6.07 Å². The monoisotopic (exact) mass is 351 g/mol. The number of fused-ring (bicyclic) bond motifs is 1. The zero-order valence-corrected chi connectivity index (χ0v) is 15.0. The average molecular weight is 351 g/mol. The molecule has 0 bridgehead atoms. The summed E-state index contributed by atoms with van der Waals surface area (Å²) in [4.78, 5) is 18.9. The lowest BCUT2D eigenvalue weighted by Crippen LogP contribution is -2.30. The van der Waals surface area contributed by atoms with E-state index in [1.165, 1.54) is 36.8 Å². The highest BCUT2D eigenvalue weighted by Gasteiger charge is 2.13. The summed E-state index contributed by atoms with van der Waals surface area (Å²) >= 11 is 0. The van der Waals surface area contributed by atoms with Gasteiger partial charge in [-0.2, -0.15) is 0 Å². The molecular formula is C21H25N3O2. The smallest absolute Gasteiger partial charge is 0.262 e. The summed E-state index contributed by atoms with van der Waals surface area (Å²) in [5, 5.41) is 2.85. The maximum absolute atomic E-state index is 12.1. The van der Waals surface area contributed by atoms with Crippen LogP contribution in [0.5, 0.6) is 5.75 Å². The zero-order valence-electron chi connectivity index (χ0n) is 15.0. The Bertz CT molecular complexity index is 767. The van der Waals surface area contributed by atoms with Crippen molar-refractivity contribution in [3.05, 3.63) is 47.7 Å². The molecule has 1 fully saturated rings. The van der Waals surface area contributed by atoms with Gasteiger partial charge in [0.05, 0.1) is 11.9 Å². The number of nitrogens with zero attached hydrogens (tertiary/aromatic N) is 2. The molecule has 136 valence electrons. The van der Waals surface area contributed by atoms with Gasteiger partial charge >= 0.3 is 0 Å². The number of amides is 1. The minimum Gasteiger partial charge on any atom is -0.484 e. The van der Waals surface area contributed by atoms with Crippen molar-refractivity contribution in [2.75, 3.05) is 29.9 Å². The first-order valence-corrected chi connectivity index (χ1v) is 9.53. The molecule has 26 heavy (non-hydrogen) atoms. The number of nitrogens with one attached hydrogen (secondary N) is 1. The second kappa shape index (κ2) is 7.77. The summed E-state index contributed by atoms with van der Waals surface area (Å²) in [6, 6.07) is 10.0. The topological polar surface area (TPSA) is 54.5 Å². The van der Waals surface area contributed by atoms with E-state index in [1.807, 2.05) is 18.2 Å². The molecule has 1 aliphatic carbocycles. The fraction of sp³-hybridized carbons (Fsp3) is 0.429. The first-order chi connectivity index (χ1) is 12.8. The van der Waals surface area contributed by atoms with E-state index in [0.29, 0.717) is 5.69 Å². The molecule has 5 heteroatoms. The van der Waals surface area contributed by atoms with Gasteiger partial charge in [0, 0.05) is 13.1 Å². The highest BCUT2D eigenvalue weighted by molar-refractivity contribution is 5.91. The Morgan fingerprint density at radius 2 is 1.88 bits per heavy atom. The first kappa shape index (κ1) is 16.9. The molecule has 0 unspecified atom stereocenters. The van der Waals surface area contributed by atoms with E-state index in [1.54, 1.807) is 6.20 Å². The van der Waals surface area contributed by atoms with Gasteiger partial charge in [0.25, 0.3) is 5.91 Å². The Morgan fingerprint density at radius 3 is 2.69 bits per heavy atom. The Hall–Kier alpha value is -2.56. The van der Waals surface area contributed by atoms with Crippen LogP contribution in [0.15, 0.2) is 36.5 Å². The van der Waals surface area contributed by atoms with Crippen LogP contribution in [0, 0.1) is 0 Å². The summed E-state index contributed by atoms with van der Waals surface area (Å²) in [5.41, 5.74) is 3.45. The van der Waals surface area contributed by atoms with Crippen LogP contribution < -0.4 is 15.0 Å². The van der Waals surface area contributed by atoms with Crippen molar-refractivity contribution in [2.45, 2.75) is 38.5 Å². The molecule has 4 rings (SSSR count). The Labute approximate surface area is 154 Å². The summed E-state index contributed by atoms with van der Waals surface area (Å²) in [6.07, 6.45) is 8.93. The van der Waals surface area contributed by atoms with Crippen LogP contribution in [0.25, 0.3) is 0 Å². The molecule has 2 aromatic rings. The number of pyridine rings is 1. The summed E-state index contributed by atoms with van der Waals surface area (Å²) < 4.78 is 5.64. The molecule has 2 heterocycles. The predicted octanol–water partition coefficient (Wildman–Crippen LogP) is 3.58. The fourth-order valence-electron chi connectivity index (χ4n) is 3.75. The largest absolute Gasteiger partial charge is 0.484 e. The van der Waals surface area contributed by atoms with Gasteiger partial charge in [-0.25, -0.2) is 4.98 Å². The Morgan fingerprint density at radius 1 is 1.04 bits per heavy atom. The van der Waals surface area contributed by atoms with Crippen molar-refractivity contribution >= 4 is 17.4 Å². The summed E-state index contributed by atoms with van der Waals surface area (Å²) in [6.45, 7) is 2.13. The van der Waals surface area contributed by atoms with Crippen LogP contribution in [-0.2, 0) is 17.6 Å². The SMILES string of the molecule is O=C(COc1ccc2c(c1)CCC2)Nc1ccc(N2CCCCC2)nc1. The van der Waals surface area contributed by atoms with Crippen LogP contribution in [0.1, 0.15) is 36.8 Å². The quantitative estimate of drug-likeness (QED) is 0.895. The molecule has 2 aliphatic rings. The molecule has 0 spiro atoms. The second-order valence-corrected chi connectivity index (χ2v) is 7.07. The number of carbonyl (C=O) groups is 1. The minimum atomic E-state index is -0.168. The summed E-state index contributed by atoms with van der Waals surface area (Å²) in [7, 11) is 0. The highest BCUT2D eigenvalue weighted by Crippen LogP contribution is 2.26. The fourth-order valence-corrected chi connectivity index (χ4v) is 3.75. The number of rotatable bonds is 5. The molecular weight excluding hydrogens is 326 g/mol. The number of benzene rings is 1. The van der Waals surface area contributed by atoms with Crippen LogP contribution in [0.2, 0.25) is 0 Å². The van der Waals surface area contributed by atoms with Crippen molar-refractivity contribution in [3.63, 3.8) is 0 Å². The lowest BCUT2D eigenvalue weighted by molar-refractivity contribution is -0.118. The first-order valence-electron chi connectivity index (χ1n) is 9.53. The van der Waals surface area contributed by atoms with Crippen molar-refractivity contribution in [2.24, 2.45) is 0 Å². The molecule has 1 amide bonds. The normalized spacial score (nSPS) is 16.2. The third-order valence-corrected chi connectivity index (χ3v) is 5.15. The van der Waals surface area contributed by atoms with E-state index >= 15 is 0 Å². The van der Waals surface area contributed by atoms with Crippen molar-refractivity contribution in [3.8, 4) is 5.75 Å². The molecule has 1 aliphatic heterocycles. The van der Waals surface area contributed by atoms with Gasteiger partial charge in [0.2, 0.25) is 0 Å². The molecule has 0 saturated carbocycles. The number of hydrogen-bond acceptors (Lipinski definition) is 4. The van der Waals surface area contributed by atoms with Gasteiger partial charge in [-0.3, -0.25) is 4.79 Å². The van der Waals surface area contributed by atoms with Crippen LogP contribution in [0.3, 0.4) is 0 Å². The number of aromatic nitrogens is 1. The van der Waals surface area contributed by atoms with E-state index < -0.39 is 0 Å². The Kier molecular flexibility index (Phi) is 5.04. The molecule has 0 atom stereocenters. The number of aryl methyl sites for hydroxylation is 2. The third-order valence-electron chi connectivity index (χ3n) is 5.15. The number of ether oxygens (including phenoxy) is 1. The number of carbonyl (C=O) groups excluding carboxylic acids is 1. The maximum atomic E-state index is 12.1. The third kappa shape index (κ3) is 3.98.